The molecule has 4 aromatic rings. The summed E-state index contributed by atoms with van der Waals surface area (Å²) in [5, 5.41) is 7.86. The van der Waals surface area contributed by atoms with Gasteiger partial charge in [0, 0.05) is 0 Å². The minimum absolute atomic E-state index is 0.754. The first-order valence-corrected chi connectivity index (χ1v) is 20.0. The van der Waals surface area contributed by atoms with Gasteiger partial charge in [-0.3, -0.25) is 0 Å². The standard InChI is InChI=1S/C14H9N6.3C4H9.Sn/c1-2-7-19-10-12(17-14(19)3-1)11-4-5-13(15-9-11)20-8-6-16-18-20;3*1-3-4-2;/h1,3-10H;3*1,3-4H2,2H3;. The fourth-order valence-corrected chi connectivity index (χ4v) is 20.7. The van der Waals surface area contributed by atoms with Crippen molar-refractivity contribution in [3.63, 3.8) is 0 Å². The van der Waals surface area contributed by atoms with Gasteiger partial charge in [-0.25, -0.2) is 0 Å². The first kappa shape index (κ1) is 23.9. The molecule has 0 spiro atoms. The fourth-order valence-electron chi connectivity index (χ4n) is 4.80. The maximum absolute atomic E-state index is 4.90. The van der Waals surface area contributed by atoms with Crippen molar-refractivity contribution in [2.45, 2.75) is 72.6 Å². The number of hydrogen-bond acceptors (Lipinski definition) is 4. The number of imidazole rings is 1. The van der Waals surface area contributed by atoms with Gasteiger partial charge in [0.25, 0.3) is 0 Å². The quantitative estimate of drug-likeness (QED) is 0.202. The van der Waals surface area contributed by atoms with Crippen molar-refractivity contribution in [3.05, 3.63) is 55.2 Å². The minimum atomic E-state index is -2.46. The number of aromatic nitrogens is 6. The number of unbranched alkanes of at least 4 members (excludes halogenated alkanes) is 3. The van der Waals surface area contributed by atoms with Crippen molar-refractivity contribution in [1.82, 2.24) is 29.4 Å². The summed E-state index contributed by atoms with van der Waals surface area (Å²) in [5.74, 6) is 0.754. The molecule has 6 nitrogen and oxygen atoms in total. The van der Waals surface area contributed by atoms with Crippen molar-refractivity contribution in [1.29, 1.82) is 0 Å². The molecular weight excluding hydrogens is 515 g/mol. The van der Waals surface area contributed by atoms with Gasteiger partial charge in [0.05, 0.1) is 0 Å². The van der Waals surface area contributed by atoms with E-state index in [4.69, 9.17) is 4.98 Å². The molecule has 4 rings (SSSR count). The summed E-state index contributed by atoms with van der Waals surface area (Å²) >= 11 is -2.46. The van der Waals surface area contributed by atoms with Gasteiger partial charge in [0.2, 0.25) is 0 Å². The Kier molecular flexibility index (Phi) is 8.17. The van der Waals surface area contributed by atoms with Crippen LogP contribution in [0.4, 0.5) is 0 Å². The molecule has 0 aliphatic carbocycles. The Morgan fingerprint density at radius 3 is 2.15 bits per heavy atom. The van der Waals surface area contributed by atoms with Crippen LogP contribution in [0.5, 0.6) is 0 Å². The zero-order chi connectivity index (χ0) is 23.1. The zero-order valence-corrected chi connectivity index (χ0v) is 23.1. The Morgan fingerprint density at radius 2 is 1.58 bits per heavy atom. The molecule has 0 aliphatic rings. The van der Waals surface area contributed by atoms with E-state index in [0.717, 1.165) is 22.7 Å². The monoisotopic (exact) mass is 552 g/mol. The number of fused-ring (bicyclic) bond motifs is 1. The van der Waals surface area contributed by atoms with Crippen LogP contribution in [0.3, 0.4) is 0 Å². The molecule has 4 heterocycles. The van der Waals surface area contributed by atoms with E-state index in [2.05, 4.69) is 71.1 Å². The Bertz CT molecular complexity index is 1110. The van der Waals surface area contributed by atoms with Gasteiger partial charge in [-0.05, 0) is 0 Å². The van der Waals surface area contributed by atoms with Crippen LogP contribution in [-0.2, 0) is 0 Å². The molecule has 7 heteroatoms. The average molecular weight is 551 g/mol. The SMILES string of the molecule is CCC[CH2][Sn]([CH2]CCC)([CH2]CCC)[c]1ccc2nc(-c3ccc(-n4ccnn4)nc3)cn2c1. The van der Waals surface area contributed by atoms with E-state index >= 15 is 0 Å². The normalized spacial score (nSPS) is 12.0. The van der Waals surface area contributed by atoms with Crippen molar-refractivity contribution in [2.24, 2.45) is 0 Å². The van der Waals surface area contributed by atoms with Crippen LogP contribution in [-0.4, -0.2) is 47.7 Å². The summed E-state index contributed by atoms with van der Waals surface area (Å²) in [5.41, 5.74) is 2.99. The molecule has 0 amide bonds. The molecular formula is C26H36N6Sn. The van der Waals surface area contributed by atoms with Crippen LogP contribution in [0.1, 0.15) is 59.3 Å². The maximum atomic E-state index is 4.90. The molecule has 0 atom stereocenters. The third kappa shape index (κ3) is 5.48. The van der Waals surface area contributed by atoms with Crippen LogP contribution in [0.15, 0.2) is 55.2 Å². The molecule has 0 radical (unpaired) electrons. The topological polar surface area (TPSA) is 60.9 Å². The molecule has 0 N–H and O–H groups in total. The molecule has 33 heavy (non-hydrogen) atoms. The van der Waals surface area contributed by atoms with Crippen LogP contribution in [0.2, 0.25) is 13.3 Å². The average Bonchev–Trinajstić information content (AvgIpc) is 3.54. The van der Waals surface area contributed by atoms with Crippen molar-refractivity contribution >= 4 is 27.6 Å². The van der Waals surface area contributed by atoms with Gasteiger partial charge in [0.15, 0.2) is 0 Å². The van der Waals surface area contributed by atoms with E-state index in [-0.39, 0.29) is 0 Å². The second-order valence-corrected chi connectivity index (χ2v) is 22.4. The number of nitrogens with zero attached hydrogens (tertiary/aromatic N) is 6. The van der Waals surface area contributed by atoms with Gasteiger partial charge >= 0.3 is 202 Å². The van der Waals surface area contributed by atoms with E-state index in [1.165, 1.54) is 51.8 Å². The van der Waals surface area contributed by atoms with Gasteiger partial charge in [-0.2, -0.15) is 0 Å². The zero-order valence-electron chi connectivity index (χ0n) is 20.2. The molecule has 174 valence electrons. The van der Waals surface area contributed by atoms with Gasteiger partial charge in [0.1, 0.15) is 0 Å². The Morgan fingerprint density at radius 1 is 0.848 bits per heavy atom. The van der Waals surface area contributed by atoms with Gasteiger partial charge in [-0.1, -0.05) is 0 Å². The summed E-state index contributed by atoms with van der Waals surface area (Å²) < 4.78 is 10.0. The van der Waals surface area contributed by atoms with Gasteiger partial charge in [-0.15, -0.1) is 0 Å². The number of pyridine rings is 2. The van der Waals surface area contributed by atoms with Crippen LogP contribution >= 0.6 is 0 Å². The number of rotatable bonds is 12. The summed E-state index contributed by atoms with van der Waals surface area (Å²) in [6, 6.07) is 8.68. The fraction of sp³-hybridized carbons (Fsp3) is 0.462. The van der Waals surface area contributed by atoms with E-state index in [1.807, 2.05) is 12.3 Å². The first-order chi connectivity index (χ1) is 16.2. The molecule has 0 saturated heterocycles. The molecule has 0 aliphatic heterocycles. The molecule has 0 saturated carbocycles. The predicted octanol–water partition coefficient (Wildman–Crippen LogP) is 6.03. The van der Waals surface area contributed by atoms with E-state index in [1.54, 1.807) is 20.7 Å². The van der Waals surface area contributed by atoms with E-state index < -0.39 is 18.4 Å². The van der Waals surface area contributed by atoms with Crippen molar-refractivity contribution in [3.8, 4) is 17.1 Å². The third-order valence-corrected chi connectivity index (χ3v) is 22.4. The van der Waals surface area contributed by atoms with Gasteiger partial charge < -0.3 is 0 Å². The third-order valence-electron chi connectivity index (χ3n) is 6.79. The Labute approximate surface area is 201 Å². The summed E-state index contributed by atoms with van der Waals surface area (Å²) in [7, 11) is 0. The van der Waals surface area contributed by atoms with Crippen LogP contribution in [0.25, 0.3) is 22.7 Å². The summed E-state index contributed by atoms with van der Waals surface area (Å²) in [6.07, 6.45) is 17.9. The van der Waals surface area contributed by atoms with E-state index in [0.29, 0.717) is 0 Å². The first-order valence-electron chi connectivity index (χ1n) is 12.5. The molecule has 4 aromatic heterocycles. The molecule has 0 aromatic carbocycles. The van der Waals surface area contributed by atoms with Crippen LogP contribution < -0.4 is 3.58 Å². The molecule has 0 fully saturated rings. The van der Waals surface area contributed by atoms with Crippen LogP contribution in [0, 0.1) is 0 Å². The molecule has 0 bridgehead atoms. The van der Waals surface area contributed by atoms with E-state index in [9.17, 15) is 0 Å². The Hall–Kier alpha value is -2.22. The summed E-state index contributed by atoms with van der Waals surface area (Å²) in [6.45, 7) is 7.01. The Balaban J connectivity index is 1.66. The molecule has 0 unspecified atom stereocenters. The van der Waals surface area contributed by atoms with Crippen molar-refractivity contribution in [2.75, 3.05) is 0 Å². The second-order valence-electron chi connectivity index (χ2n) is 9.15. The predicted molar refractivity (Wildman–Crippen MR) is 138 cm³/mol. The van der Waals surface area contributed by atoms with Crippen molar-refractivity contribution < 1.29 is 0 Å². The summed E-state index contributed by atoms with van der Waals surface area (Å²) in [4.78, 5) is 9.44. The number of hydrogen-bond donors (Lipinski definition) is 0. The second kappa shape index (κ2) is 11.3.